The molecule has 0 unspecified atom stereocenters. The lowest BCUT2D eigenvalue weighted by molar-refractivity contribution is 0.102. The number of nitrogens with one attached hydrogen (secondary N) is 5. The first kappa shape index (κ1) is 44.0. The molecule has 8 aromatic rings. The fraction of sp³-hybridized carbons (Fsp3) is 0.259. The van der Waals surface area contributed by atoms with Crippen molar-refractivity contribution >= 4 is 45.7 Å². The van der Waals surface area contributed by atoms with Gasteiger partial charge in [0.1, 0.15) is 11.5 Å². The van der Waals surface area contributed by atoms with Gasteiger partial charge in [-0.25, -0.2) is 0 Å². The molecule has 0 saturated carbocycles. The Morgan fingerprint density at radius 2 is 0.970 bits per heavy atom. The fourth-order valence-electron chi connectivity index (χ4n) is 10.5. The van der Waals surface area contributed by atoms with Crippen LogP contribution in [0.1, 0.15) is 122 Å². The number of benzene rings is 4. The molecular weight excluding hydrogens is 815 g/mol. The van der Waals surface area contributed by atoms with Crippen molar-refractivity contribution in [1.29, 1.82) is 0 Å². The van der Waals surface area contributed by atoms with Gasteiger partial charge in [0.2, 0.25) is 0 Å². The molecule has 0 aliphatic carbocycles. The molecule has 0 spiro atoms. The maximum atomic E-state index is 13.8. The third-order valence-electron chi connectivity index (χ3n) is 14.1. The van der Waals surface area contributed by atoms with E-state index in [1.165, 1.54) is 61.2 Å². The molecule has 5 heterocycles. The van der Waals surface area contributed by atoms with Crippen molar-refractivity contribution in [2.75, 3.05) is 19.5 Å². The van der Waals surface area contributed by atoms with Crippen molar-refractivity contribution < 1.29 is 14.3 Å². The van der Waals surface area contributed by atoms with Crippen LogP contribution < -0.4 is 36.2 Å². The van der Waals surface area contributed by atoms with Crippen LogP contribution in [0.25, 0.3) is 34.1 Å². The number of rotatable bonds is 10. The summed E-state index contributed by atoms with van der Waals surface area (Å²) in [7, 11) is 3.28. The highest BCUT2D eigenvalue weighted by molar-refractivity contribution is 6.08. The molecule has 0 fully saturated rings. The summed E-state index contributed by atoms with van der Waals surface area (Å²) in [5, 5.41) is 9.27. The Hall–Kier alpha value is -7.19. The third kappa shape index (κ3) is 7.38. The number of aromatic nitrogens is 4. The summed E-state index contributed by atoms with van der Waals surface area (Å²) in [5.74, 6) is 1.19. The van der Waals surface area contributed by atoms with Crippen molar-refractivity contribution in [1.82, 2.24) is 19.9 Å². The molecular formula is C58H61N5O3. The molecule has 336 valence electrons. The number of anilines is 1. The van der Waals surface area contributed by atoms with Crippen LogP contribution in [-0.2, 0) is 25.7 Å². The Labute approximate surface area is 387 Å². The van der Waals surface area contributed by atoms with E-state index in [0.717, 1.165) is 97.5 Å². The molecule has 4 aromatic carbocycles. The van der Waals surface area contributed by atoms with Gasteiger partial charge in [-0.3, -0.25) is 4.79 Å². The fourth-order valence-corrected chi connectivity index (χ4v) is 10.5. The second-order valence-corrected chi connectivity index (χ2v) is 17.6. The maximum Gasteiger partial charge on any atom is 0.255 e. The summed E-state index contributed by atoms with van der Waals surface area (Å²) < 4.78 is 11.2. The van der Waals surface area contributed by atoms with Gasteiger partial charge in [-0.2, -0.15) is 0 Å². The summed E-state index contributed by atoms with van der Waals surface area (Å²) in [6.45, 7) is 20.2. The van der Waals surface area contributed by atoms with Crippen molar-refractivity contribution in [3.05, 3.63) is 190 Å². The molecule has 8 heteroatoms. The van der Waals surface area contributed by atoms with Crippen molar-refractivity contribution in [2.24, 2.45) is 0 Å². The van der Waals surface area contributed by atoms with Gasteiger partial charge in [0, 0.05) is 55.3 Å². The van der Waals surface area contributed by atoms with Gasteiger partial charge in [0.05, 0.1) is 36.3 Å². The van der Waals surface area contributed by atoms with E-state index < -0.39 is 0 Å². The van der Waals surface area contributed by atoms with E-state index in [9.17, 15) is 4.79 Å². The van der Waals surface area contributed by atoms with Crippen LogP contribution in [-0.4, -0.2) is 40.1 Å². The number of H-pyrrole nitrogens is 4. The van der Waals surface area contributed by atoms with Crippen LogP contribution in [0.15, 0.2) is 78.9 Å². The van der Waals surface area contributed by atoms with Gasteiger partial charge >= 0.3 is 0 Å². The minimum Gasteiger partial charge on any atom is -0.496 e. The summed E-state index contributed by atoms with van der Waals surface area (Å²) >= 11 is 0. The number of amides is 1. The molecule has 1 amide bonds. The van der Waals surface area contributed by atoms with E-state index in [2.05, 4.69) is 136 Å². The molecule has 0 radical (unpaired) electrons. The van der Waals surface area contributed by atoms with E-state index in [1.54, 1.807) is 14.2 Å². The highest BCUT2D eigenvalue weighted by atomic mass is 16.5. The molecule has 1 aliphatic rings. The van der Waals surface area contributed by atoms with Crippen LogP contribution in [0.5, 0.6) is 11.5 Å². The predicted molar refractivity (Wildman–Crippen MR) is 271 cm³/mol. The van der Waals surface area contributed by atoms with E-state index in [0.29, 0.717) is 17.0 Å². The van der Waals surface area contributed by atoms with Crippen molar-refractivity contribution in [2.45, 2.75) is 88.0 Å². The molecule has 66 heavy (non-hydrogen) atoms. The summed E-state index contributed by atoms with van der Waals surface area (Å²) in [5.41, 5.74) is 21.5. The smallest absolute Gasteiger partial charge is 0.255 e. The van der Waals surface area contributed by atoms with Gasteiger partial charge in [-0.15, -0.1) is 0 Å². The largest absolute Gasteiger partial charge is 0.496 e. The number of methoxy groups -OCH3 is 2. The monoisotopic (exact) mass is 875 g/mol. The molecule has 5 N–H and O–H groups in total. The number of carbonyl (C=O) groups is 1. The minimum absolute atomic E-state index is 0.209. The SMILES string of the molecule is CCc1c2[nH]c(c1C)C(c1ccc(C)cc1)=c1[nH]c(c(CC)c1C)=Cc1[nH]c(c(C)c1CC)C(c1ccc(NC(=O)c3ccc4c(OC)ccc(OC)c4c3)cc1)=c1[nH]c(c(CC)c1C)=C2. The molecule has 8 nitrogen and oxygen atoms in total. The third-order valence-corrected chi connectivity index (χ3v) is 14.1. The number of aromatic amines is 4. The number of carbonyl (C=O) groups excluding carboxylic acids is 1. The first-order valence-corrected chi connectivity index (χ1v) is 23.4. The Bertz CT molecular complexity index is 3460. The zero-order chi connectivity index (χ0) is 46.6. The van der Waals surface area contributed by atoms with E-state index in [4.69, 9.17) is 9.47 Å². The highest BCUT2D eigenvalue weighted by Crippen LogP contribution is 2.35. The Morgan fingerprint density at radius 1 is 0.515 bits per heavy atom. The first-order valence-electron chi connectivity index (χ1n) is 23.4. The first-order chi connectivity index (χ1) is 31.9. The zero-order valence-electron chi connectivity index (χ0n) is 40.2. The van der Waals surface area contributed by atoms with Gasteiger partial charge in [0.25, 0.3) is 5.91 Å². The average Bonchev–Trinajstić information content (AvgIpc) is 4.02. The lowest BCUT2D eigenvalue weighted by atomic mass is 9.95. The zero-order valence-corrected chi connectivity index (χ0v) is 40.2. The second kappa shape index (κ2) is 17.7. The molecule has 1 aliphatic heterocycles. The molecule has 9 rings (SSSR count). The van der Waals surface area contributed by atoms with Gasteiger partial charge in [-0.1, -0.05) is 69.7 Å². The minimum atomic E-state index is -0.209. The van der Waals surface area contributed by atoms with Crippen LogP contribution in [0.3, 0.4) is 0 Å². The van der Waals surface area contributed by atoms with E-state index in [-0.39, 0.29) is 5.91 Å². The lowest BCUT2D eigenvalue weighted by Crippen LogP contribution is -2.18. The quantitative estimate of drug-likeness (QED) is 0.0945. The Balaban J connectivity index is 1.27. The molecule has 8 bridgehead atoms. The predicted octanol–water partition coefficient (Wildman–Crippen LogP) is 9.68. The topological polar surface area (TPSA) is 111 Å². The standard InChI is InChI=1S/C58H61N5O3/c1-12-40-32(6)54-52(36-18-16-31(5)17-19-36)55-33(7)41(13-2)47(61-55)30-49-43(15-4)35(9)57(63-49)53(56-34(8)42(14-3)48(62-56)29-46(40)60-54)37-20-23-39(24-21-37)59-58(64)38-22-25-44-45(28-38)51(66-11)27-26-50(44)65-10/h16-30,60-63H,12-15H2,1-11H3,(H,59,64). The number of hydrogen-bond acceptors (Lipinski definition) is 3. The van der Waals surface area contributed by atoms with Gasteiger partial charge < -0.3 is 34.7 Å². The highest BCUT2D eigenvalue weighted by Gasteiger charge is 2.23. The Kier molecular flexibility index (Phi) is 11.8. The van der Waals surface area contributed by atoms with Crippen molar-refractivity contribution in [3.8, 4) is 11.5 Å². The van der Waals surface area contributed by atoms with Crippen molar-refractivity contribution in [3.63, 3.8) is 0 Å². The normalized spacial score (nSPS) is 12.3. The summed E-state index contributed by atoms with van der Waals surface area (Å²) in [4.78, 5) is 29.8. The number of aryl methyl sites for hydroxylation is 1. The molecule has 0 saturated heterocycles. The second-order valence-electron chi connectivity index (χ2n) is 17.6. The maximum absolute atomic E-state index is 13.8. The van der Waals surface area contributed by atoms with Crippen LogP contribution in [0, 0.1) is 34.6 Å². The van der Waals surface area contributed by atoms with E-state index in [1.807, 2.05) is 42.5 Å². The molecule has 4 aromatic heterocycles. The van der Waals surface area contributed by atoms with E-state index >= 15 is 0 Å². The number of fused-ring (bicyclic) bond motifs is 9. The summed E-state index contributed by atoms with van der Waals surface area (Å²) in [6.07, 6.45) is 8.17. The lowest BCUT2D eigenvalue weighted by Gasteiger charge is -2.12. The number of ether oxygens (including phenoxy) is 2. The van der Waals surface area contributed by atoms with Crippen LogP contribution in [0.4, 0.5) is 5.69 Å². The molecule has 0 atom stereocenters. The average molecular weight is 876 g/mol. The number of hydrogen-bond donors (Lipinski definition) is 5. The van der Waals surface area contributed by atoms with Crippen LogP contribution in [0.2, 0.25) is 0 Å². The summed E-state index contributed by atoms with van der Waals surface area (Å²) in [6, 6.07) is 26.5. The van der Waals surface area contributed by atoms with Gasteiger partial charge in [-0.05, 0) is 171 Å². The Morgan fingerprint density at radius 3 is 1.42 bits per heavy atom. The van der Waals surface area contributed by atoms with Gasteiger partial charge in [0.15, 0.2) is 0 Å². The van der Waals surface area contributed by atoms with Crippen LogP contribution >= 0.6 is 0 Å².